The fourth-order valence-electron chi connectivity index (χ4n) is 3.66. The lowest BCUT2D eigenvalue weighted by molar-refractivity contribution is -0.121. The molecule has 0 atom stereocenters. The lowest BCUT2D eigenvalue weighted by atomic mass is 9.87. The number of carbonyl (C=O) groups is 2. The van der Waals surface area contributed by atoms with Gasteiger partial charge in [-0.2, -0.15) is 0 Å². The number of thioether (sulfide) groups is 1. The molecule has 1 aromatic carbocycles. The Morgan fingerprint density at radius 2 is 1.88 bits per heavy atom. The van der Waals surface area contributed by atoms with E-state index in [2.05, 4.69) is 57.7 Å². The highest BCUT2D eigenvalue weighted by Crippen LogP contribution is 2.41. The minimum Gasteiger partial charge on any atom is -0.363 e. The van der Waals surface area contributed by atoms with E-state index in [1.54, 1.807) is 0 Å². The standard InChI is InChI=1S/C20H24N2O2S/c1-7-22-16-8-12(2)14(9-15(16)13(3)11-20(22,4)5)10-17-18(23)21(6)19(24)25-17/h8-11H,7H2,1-6H3/b17-10-. The molecule has 132 valence electrons. The van der Waals surface area contributed by atoms with Crippen LogP contribution in [0.15, 0.2) is 23.1 Å². The second kappa shape index (κ2) is 6.06. The molecule has 0 bridgehead atoms. The van der Waals surface area contributed by atoms with E-state index >= 15 is 0 Å². The molecule has 0 unspecified atom stereocenters. The Morgan fingerprint density at radius 1 is 1.20 bits per heavy atom. The van der Waals surface area contributed by atoms with Crippen LogP contribution in [0.4, 0.5) is 10.5 Å². The summed E-state index contributed by atoms with van der Waals surface area (Å²) < 4.78 is 0. The summed E-state index contributed by atoms with van der Waals surface area (Å²) in [5, 5.41) is -0.221. The quantitative estimate of drug-likeness (QED) is 0.721. The van der Waals surface area contributed by atoms with E-state index in [-0.39, 0.29) is 16.7 Å². The van der Waals surface area contributed by atoms with Gasteiger partial charge in [-0.15, -0.1) is 0 Å². The largest absolute Gasteiger partial charge is 0.363 e. The van der Waals surface area contributed by atoms with Crippen LogP contribution in [0.5, 0.6) is 0 Å². The number of hydrogen-bond donors (Lipinski definition) is 0. The fraction of sp³-hybridized carbons (Fsp3) is 0.400. The number of fused-ring (bicyclic) bond motifs is 1. The number of aryl methyl sites for hydroxylation is 1. The van der Waals surface area contributed by atoms with Gasteiger partial charge < -0.3 is 4.90 Å². The number of benzene rings is 1. The minimum atomic E-state index is -0.226. The first-order valence-corrected chi connectivity index (χ1v) is 9.31. The minimum absolute atomic E-state index is 0.0232. The van der Waals surface area contributed by atoms with Crippen LogP contribution in [0.3, 0.4) is 0 Å². The summed E-state index contributed by atoms with van der Waals surface area (Å²) >= 11 is 1.00. The van der Waals surface area contributed by atoms with Gasteiger partial charge in [-0.05, 0) is 81.3 Å². The molecule has 5 heteroatoms. The number of nitrogens with zero attached hydrogens (tertiary/aromatic N) is 2. The number of anilines is 1. The van der Waals surface area contributed by atoms with Crippen molar-refractivity contribution in [2.45, 2.75) is 40.2 Å². The first-order chi connectivity index (χ1) is 11.7. The van der Waals surface area contributed by atoms with E-state index < -0.39 is 0 Å². The van der Waals surface area contributed by atoms with Gasteiger partial charge in [-0.25, -0.2) is 0 Å². The molecule has 0 N–H and O–H groups in total. The zero-order valence-corrected chi connectivity index (χ0v) is 16.5. The molecular formula is C20H24N2O2S. The van der Waals surface area contributed by atoms with E-state index in [1.807, 2.05) is 6.08 Å². The molecule has 2 aliphatic rings. The molecule has 1 aromatic rings. The molecule has 2 aliphatic heterocycles. The van der Waals surface area contributed by atoms with Crippen LogP contribution in [0, 0.1) is 6.92 Å². The van der Waals surface area contributed by atoms with E-state index in [4.69, 9.17) is 0 Å². The van der Waals surface area contributed by atoms with Crippen molar-refractivity contribution in [2.75, 3.05) is 18.5 Å². The predicted molar refractivity (Wildman–Crippen MR) is 106 cm³/mol. The number of rotatable bonds is 2. The maximum Gasteiger partial charge on any atom is 0.293 e. The molecule has 2 amide bonds. The van der Waals surface area contributed by atoms with Crippen LogP contribution in [0.1, 0.15) is 44.4 Å². The Balaban J connectivity index is 2.11. The van der Waals surface area contributed by atoms with Crippen LogP contribution in [-0.2, 0) is 4.79 Å². The smallest absolute Gasteiger partial charge is 0.293 e. The number of carbonyl (C=O) groups excluding carboxylic acids is 2. The van der Waals surface area contributed by atoms with Gasteiger partial charge in [0.25, 0.3) is 11.1 Å². The Kier molecular flexibility index (Phi) is 4.31. The van der Waals surface area contributed by atoms with Crippen LogP contribution >= 0.6 is 11.8 Å². The monoisotopic (exact) mass is 356 g/mol. The van der Waals surface area contributed by atoms with Crippen LogP contribution in [-0.4, -0.2) is 35.2 Å². The van der Waals surface area contributed by atoms with Gasteiger partial charge in [0.15, 0.2) is 0 Å². The number of likely N-dealkylation sites (N-methyl/N-ethyl adjacent to an activating group) is 2. The van der Waals surface area contributed by atoms with E-state index in [1.165, 1.54) is 23.9 Å². The second-order valence-electron chi connectivity index (χ2n) is 7.19. The molecule has 0 aliphatic carbocycles. The third-order valence-electron chi connectivity index (χ3n) is 4.95. The fourth-order valence-corrected chi connectivity index (χ4v) is 4.48. The molecule has 0 saturated carbocycles. The van der Waals surface area contributed by atoms with Crippen molar-refractivity contribution in [3.8, 4) is 0 Å². The van der Waals surface area contributed by atoms with Crippen molar-refractivity contribution >= 4 is 40.2 Å². The zero-order chi connectivity index (χ0) is 18.5. The normalized spacial score (nSPS) is 21.0. The lowest BCUT2D eigenvalue weighted by Crippen LogP contribution is -2.44. The number of amides is 2. The number of hydrogen-bond acceptors (Lipinski definition) is 4. The van der Waals surface area contributed by atoms with Gasteiger partial charge >= 0.3 is 0 Å². The number of imide groups is 1. The van der Waals surface area contributed by atoms with Crippen LogP contribution in [0.25, 0.3) is 11.6 Å². The molecule has 0 spiro atoms. The molecule has 3 rings (SSSR count). The van der Waals surface area contributed by atoms with Crippen molar-refractivity contribution in [2.24, 2.45) is 0 Å². The van der Waals surface area contributed by atoms with E-state index in [0.29, 0.717) is 4.91 Å². The van der Waals surface area contributed by atoms with Crippen molar-refractivity contribution in [3.05, 3.63) is 39.8 Å². The van der Waals surface area contributed by atoms with Gasteiger partial charge in [0, 0.05) is 24.8 Å². The molecular weight excluding hydrogens is 332 g/mol. The third-order valence-corrected chi connectivity index (χ3v) is 5.92. The highest BCUT2D eigenvalue weighted by atomic mass is 32.2. The van der Waals surface area contributed by atoms with Gasteiger partial charge in [-0.3, -0.25) is 14.5 Å². The van der Waals surface area contributed by atoms with Gasteiger partial charge in [0.1, 0.15) is 0 Å². The van der Waals surface area contributed by atoms with Crippen molar-refractivity contribution in [3.63, 3.8) is 0 Å². The molecule has 2 heterocycles. The summed E-state index contributed by atoms with van der Waals surface area (Å²) in [5.41, 5.74) is 5.72. The van der Waals surface area contributed by atoms with Crippen LogP contribution < -0.4 is 4.90 Å². The average molecular weight is 356 g/mol. The second-order valence-corrected chi connectivity index (χ2v) is 8.19. The maximum absolute atomic E-state index is 12.2. The average Bonchev–Trinajstić information content (AvgIpc) is 2.75. The molecule has 25 heavy (non-hydrogen) atoms. The summed E-state index contributed by atoms with van der Waals surface area (Å²) in [4.78, 5) is 27.9. The van der Waals surface area contributed by atoms with Gasteiger partial charge in [0.05, 0.1) is 10.4 Å². The Bertz CT molecular complexity index is 836. The molecule has 4 nitrogen and oxygen atoms in total. The first-order valence-electron chi connectivity index (χ1n) is 8.49. The topological polar surface area (TPSA) is 40.6 Å². The summed E-state index contributed by atoms with van der Waals surface area (Å²) in [7, 11) is 1.52. The summed E-state index contributed by atoms with van der Waals surface area (Å²) in [6, 6.07) is 4.33. The van der Waals surface area contributed by atoms with Crippen molar-refractivity contribution in [1.82, 2.24) is 4.90 Å². The first kappa shape index (κ1) is 17.8. The molecule has 0 radical (unpaired) electrons. The van der Waals surface area contributed by atoms with Gasteiger partial charge in [0.2, 0.25) is 0 Å². The third kappa shape index (κ3) is 2.91. The number of allylic oxidation sites excluding steroid dienone is 1. The van der Waals surface area contributed by atoms with E-state index in [9.17, 15) is 9.59 Å². The van der Waals surface area contributed by atoms with Crippen molar-refractivity contribution in [1.29, 1.82) is 0 Å². The Hall–Kier alpha value is -2.01. The highest BCUT2D eigenvalue weighted by Gasteiger charge is 2.33. The SMILES string of the molecule is CCN1c2cc(C)c(/C=C3\SC(=O)N(C)C3=O)cc2C(C)=CC1(C)C. The lowest BCUT2D eigenvalue weighted by Gasteiger charge is -2.43. The molecule has 0 aromatic heterocycles. The zero-order valence-electron chi connectivity index (χ0n) is 15.6. The maximum atomic E-state index is 12.2. The Labute approximate surface area is 153 Å². The van der Waals surface area contributed by atoms with Crippen LogP contribution in [0.2, 0.25) is 0 Å². The van der Waals surface area contributed by atoms with Gasteiger partial charge in [-0.1, -0.05) is 6.08 Å². The van der Waals surface area contributed by atoms with E-state index in [0.717, 1.165) is 34.3 Å². The molecule has 1 fully saturated rings. The summed E-state index contributed by atoms with van der Waals surface area (Å²) in [5.74, 6) is -0.226. The summed E-state index contributed by atoms with van der Waals surface area (Å²) in [6.45, 7) is 11.7. The van der Waals surface area contributed by atoms with Crippen molar-refractivity contribution < 1.29 is 9.59 Å². The highest BCUT2D eigenvalue weighted by molar-refractivity contribution is 8.18. The molecule has 1 saturated heterocycles. The summed E-state index contributed by atoms with van der Waals surface area (Å²) in [6.07, 6.45) is 4.13. The predicted octanol–water partition coefficient (Wildman–Crippen LogP) is 4.68. The Morgan fingerprint density at radius 3 is 2.44 bits per heavy atom.